The maximum Gasteiger partial charge on any atom is 0.0467 e. The molecule has 2 aliphatic rings. The molecule has 0 radical (unpaired) electrons. The molecule has 0 saturated heterocycles. The number of hydrogen-bond acceptors (Lipinski definition) is 2. The summed E-state index contributed by atoms with van der Waals surface area (Å²) >= 11 is 0. The highest BCUT2D eigenvalue weighted by molar-refractivity contribution is 5.96. The molecule has 0 unspecified atom stereocenters. The Kier molecular flexibility index (Phi) is 8.58. The van der Waals surface area contributed by atoms with Crippen molar-refractivity contribution in [1.82, 2.24) is 0 Å². The van der Waals surface area contributed by atoms with Crippen LogP contribution in [0, 0.1) is 0 Å². The van der Waals surface area contributed by atoms with Crippen molar-refractivity contribution in [2.24, 2.45) is 0 Å². The molecule has 9 rings (SSSR count). The van der Waals surface area contributed by atoms with Crippen LogP contribution >= 0.6 is 0 Å². The predicted molar refractivity (Wildman–Crippen MR) is 239 cm³/mol. The smallest absolute Gasteiger partial charge is 0.0467 e. The van der Waals surface area contributed by atoms with Crippen molar-refractivity contribution in [3.8, 4) is 22.3 Å². The second-order valence-electron chi connectivity index (χ2n) is 17.4. The lowest BCUT2D eigenvalue weighted by molar-refractivity contribution is 0.600. The summed E-state index contributed by atoms with van der Waals surface area (Å²) in [6.45, 7) is 19.3. The van der Waals surface area contributed by atoms with E-state index in [4.69, 9.17) is 0 Å². The van der Waals surface area contributed by atoms with Gasteiger partial charge in [-0.15, -0.1) is 0 Å². The molecule has 0 aromatic heterocycles. The number of nitrogens with zero attached hydrogens (tertiary/aromatic N) is 2. The maximum atomic E-state index is 2.50. The summed E-state index contributed by atoms with van der Waals surface area (Å²) in [6, 6.07) is 58.1. The monoisotopic (exact) mass is 728 g/mol. The minimum absolute atomic E-state index is 0.227. The minimum atomic E-state index is -0.227. The molecule has 7 aromatic carbocycles. The number of para-hydroxylation sites is 4. The van der Waals surface area contributed by atoms with Gasteiger partial charge >= 0.3 is 0 Å². The van der Waals surface area contributed by atoms with Crippen LogP contribution in [0.25, 0.3) is 22.3 Å². The highest BCUT2D eigenvalue weighted by Gasteiger charge is 2.47. The summed E-state index contributed by atoms with van der Waals surface area (Å²) in [5, 5.41) is 0. The topological polar surface area (TPSA) is 6.48 Å². The predicted octanol–water partition coefficient (Wildman–Crippen LogP) is 15.5. The van der Waals surface area contributed by atoms with Crippen LogP contribution < -0.4 is 9.80 Å². The highest BCUT2D eigenvalue weighted by Crippen LogP contribution is 2.62. The molecule has 0 saturated carbocycles. The number of benzene rings is 7. The zero-order valence-electron chi connectivity index (χ0n) is 34.1. The third kappa shape index (κ3) is 5.53. The van der Waals surface area contributed by atoms with Gasteiger partial charge in [-0.1, -0.05) is 140 Å². The molecule has 7 aromatic rings. The van der Waals surface area contributed by atoms with Gasteiger partial charge < -0.3 is 9.80 Å². The van der Waals surface area contributed by atoms with Gasteiger partial charge in [0, 0.05) is 45.0 Å². The number of hydrogen-bond donors (Lipinski definition) is 0. The summed E-state index contributed by atoms with van der Waals surface area (Å²) in [5.41, 5.74) is 20.8. The SMILES string of the molecule is CC(C)c1cc(N(c2ccccc2)c2ccccc2)cc2c1-c1ccc3c(c1C2(C)C)C(C)(C)c1cc(N(c2ccccc2)c2ccccc2)cc(C(C)C)c1-3. The number of anilines is 6. The zero-order chi connectivity index (χ0) is 38.9. The largest absolute Gasteiger partial charge is 0.310 e. The Morgan fingerprint density at radius 2 is 0.643 bits per heavy atom. The van der Waals surface area contributed by atoms with Gasteiger partial charge in [0.05, 0.1) is 0 Å². The van der Waals surface area contributed by atoms with Crippen LogP contribution in [0.1, 0.15) is 101 Å². The van der Waals surface area contributed by atoms with Crippen molar-refractivity contribution in [2.45, 2.75) is 78.1 Å². The Morgan fingerprint density at radius 3 is 0.911 bits per heavy atom. The fourth-order valence-corrected chi connectivity index (χ4v) is 9.84. The van der Waals surface area contributed by atoms with Crippen LogP contribution in [-0.2, 0) is 10.8 Å². The molecule has 0 heterocycles. The average molecular weight is 729 g/mol. The van der Waals surface area contributed by atoms with Crippen molar-refractivity contribution >= 4 is 34.1 Å². The Bertz CT molecular complexity index is 2300. The summed E-state index contributed by atoms with van der Waals surface area (Å²) in [6.07, 6.45) is 0. The van der Waals surface area contributed by atoms with Crippen molar-refractivity contribution in [1.29, 1.82) is 0 Å². The van der Waals surface area contributed by atoms with Crippen LogP contribution in [-0.4, -0.2) is 0 Å². The summed E-state index contributed by atoms with van der Waals surface area (Å²) in [7, 11) is 0. The van der Waals surface area contributed by atoms with Gasteiger partial charge in [-0.2, -0.15) is 0 Å². The van der Waals surface area contributed by atoms with Gasteiger partial charge in [-0.3, -0.25) is 0 Å². The third-order valence-corrected chi connectivity index (χ3v) is 12.5. The minimum Gasteiger partial charge on any atom is -0.310 e. The first-order chi connectivity index (χ1) is 27.0. The Balaban J connectivity index is 1.26. The number of rotatable bonds is 8. The second kappa shape index (κ2) is 13.4. The van der Waals surface area contributed by atoms with Gasteiger partial charge in [-0.05, 0) is 140 Å². The third-order valence-electron chi connectivity index (χ3n) is 12.5. The molecule has 2 aliphatic carbocycles. The normalized spacial score (nSPS) is 14.3. The molecule has 278 valence electrons. The molecular weight excluding hydrogens is 677 g/mol. The molecule has 0 bridgehead atoms. The standard InChI is InChI=1S/C54H52N2/c1-35(2)45-31-41(55(37-21-13-9-14-22-37)38-23-15-10-16-24-38)33-47-49(45)43-29-30-44-50-46(36(3)4)32-42(34-48(50)54(7,8)52(44)51(43)53(47,5)6)56(39-25-17-11-18-26-39)40-27-19-12-20-28-40/h9-36H,1-8H3. The van der Waals surface area contributed by atoms with E-state index in [0.717, 1.165) is 22.7 Å². The maximum absolute atomic E-state index is 2.50. The average Bonchev–Trinajstić information content (AvgIpc) is 3.58. The van der Waals surface area contributed by atoms with E-state index in [9.17, 15) is 0 Å². The van der Waals surface area contributed by atoms with Gasteiger partial charge in [0.25, 0.3) is 0 Å². The van der Waals surface area contributed by atoms with E-state index in [0.29, 0.717) is 11.8 Å². The second-order valence-corrected chi connectivity index (χ2v) is 17.4. The van der Waals surface area contributed by atoms with E-state index in [2.05, 4.69) is 223 Å². The summed E-state index contributed by atoms with van der Waals surface area (Å²) in [5.74, 6) is 0.684. The molecule has 2 heteroatoms. The lowest BCUT2D eigenvalue weighted by Gasteiger charge is -2.32. The van der Waals surface area contributed by atoms with Crippen LogP contribution in [0.5, 0.6) is 0 Å². The van der Waals surface area contributed by atoms with E-state index in [1.165, 1.54) is 67.0 Å². The lowest BCUT2D eigenvalue weighted by Crippen LogP contribution is -2.24. The zero-order valence-corrected chi connectivity index (χ0v) is 34.1. The molecule has 2 nitrogen and oxygen atoms in total. The number of fused-ring (bicyclic) bond motifs is 7. The first-order valence-electron chi connectivity index (χ1n) is 20.3. The van der Waals surface area contributed by atoms with Gasteiger partial charge in [-0.25, -0.2) is 0 Å². The van der Waals surface area contributed by atoms with Crippen molar-refractivity contribution in [3.05, 3.63) is 191 Å². The Morgan fingerprint density at radius 1 is 0.357 bits per heavy atom. The van der Waals surface area contributed by atoms with E-state index in [1.54, 1.807) is 0 Å². The molecule has 0 atom stereocenters. The quantitative estimate of drug-likeness (QED) is 0.154. The molecule has 0 spiro atoms. The Labute approximate surface area is 334 Å². The van der Waals surface area contributed by atoms with Crippen LogP contribution in [0.4, 0.5) is 34.1 Å². The summed E-state index contributed by atoms with van der Waals surface area (Å²) in [4.78, 5) is 4.86. The molecule has 0 amide bonds. The van der Waals surface area contributed by atoms with Gasteiger partial charge in [0.1, 0.15) is 0 Å². The summed E-state index contributed by atoms with van der Waals surface area (Å²) < 4.78 is 0. The van der Waals surface area contributed by atoms with Crippen molar-refractivity contribution in [3.63, 3.8) is 0 Å². The van der Waals surface area contributed by atoms with Crippen LogP contribution in [0.15, 0.2) is 158 Å². The van der Waals surface area contributed by atoms with Crippen molar-refractivity contribution in [2.75, 3.05) is 9.80 Å². The first kappa shape index (κ1) is 35.8. The van der Waals surface area contributed by atoms with Crippen molar-refractivity contribution < 1.29 is 0 Å². The van der Waals surface area contributed by atoms with E-state index in [1.807, 2.05) is 0 Å². The molecule has 0 fully saturated rings. The van der Waals surface area contributed by atoms with Gasteiger partial charge in [0.2, 0.25) is 0 Å². The Hall–Kier alpha value is -5.86. The van der Waals surface area contributed by atoms with E-state index in [-0.39, 0.29) is 10.8 Å². The molecule has 56 heavy (non-hydrogen) atoms. The fraction of sp³-hybridized carbons (Fsp3) is 0.222. The highest BCUT2D eigenvalue weighted by atomic mass is 15.1. The molecule has 0 N–H and O–H groups in total. The van der Waals surface area contributed by atoms with Crippen LogP contribution in [0.2, 0.25) is 0 Å². The van der Waals surface area contributed by atoms with E-state index < -0.39 is 0 Å². The van der Waals surface area contributed by atoms with E-state index >= 15 is 0 Å². The van der Waals surface area contributed by atoms with Crippen LogP contribution in [0.3, 0.4) is 0 Å². The van der Waals surface area contributed by atoms with Gasteiger partial charge in [0.15, 0.2) is 0 Å². The lowest BCUT2D eigenvalue weighted by atomic mass is 9.72. The fourth-order valence-electron chi connectivity index (χ4n) is 9.84. The first-order valence-corrected chi connectivity index (χ1v) is 20.3. The molecular formula is C54H52N2. The molecule has 0 aliphatic heterocycles.